The molecule has 2 atom stereocenters. The first kappa shape index (κ1) is 12.2. The number of hydrogen-bond acceptors (Lipinski definition) is 1. The van der Waals surface area contributed by atoms with Gasteiger partial charge in [0, 0.05) is 5.56 Å². The van der Waals surface area contributed by atoms with Crippen LogP contribution in [0.4, 0.5) is 0 Å². The van der Waals surface area contributed by atoms with Crippen molar-refractivity contribution < 1.29 is 5.11 Å². The molecule has 1 nitrogen and oxygen atoms in total. The van der Waals surface area contributed by atoms with Crippen molar-refractivity contribution in [1.29, 1.82) is 0 Å². The van der Waals surface area contributed by atoms with Gasteiger partial charge in [0.2, 0.25) is 0 Å². The molecule has 17 heavy (non-hydrogen) atoms. The van der Waals surface area contributed by atoms with Crippen LogP contribution in [0, 0.1) is 23.7 Å². The lowest BCUT2D eigenvalue weighted by molar-refractivity contribution is -0.0314. The van der Waals surface area contributed by atoms with E-state index in [4.69, 9.17) is 0 Å². The summed E-state index contributed by atoms with van der Waals surface area (Å²) in [7, 11) is 0. The first-order valence-electron chi connectivity index (χ1n) is 6.43. The van der Waals surface area contributed by atoms with Crippen LogP contribution in [0.25, 0.3) is 0 Å². The first-order valence-corrected chi connectivity index (χ1v) is 6.43. The smallest absolute Gasteiger partial charge is 0.130 e. The fraction of sp³-hybridized carbons (Fsp3) is 0.500. The van der Waals surface area contributed by atoms with Crippen LogP contribution in [-0.2, 0) is 0 Å². The van der Waals surface area contributed by atoms with Gasteiger partial charge in [-0.1, -0.05) is 50.3 Å². The van der Waals surface area contributed by atoms with Gasteiger partial charge in [-0.25, -0.2) is 0 Å². The van der Waals surface area contributed by atoms with Gasteiger partial charge in [0.1, 0.15) is 5.60 Å². The molecule has 0 aliphatic heterocycles. The highest BCUT2D eigenvalue weighted by Gasteiger charge is 2.40. The van der Waals surface area contributed by atoms with E-state index in [2.05, 4.69) is 25.7 Å². The lowest BCUT2D eigenvalue weighted by Gasteiger charge is -2.39. The fourth-order valence-electron chi connectivity index (χ4n) is 2.60. The fourth-order valence-corrected chi connectivity index (χ4v) is 2.60. The Bertz CT molecular complexity index is 414. The number of benzene rings is 1. The molecule has 2 unspecified atom stereocenters. The standard InChI is InChI=1S/C16H20O/c1-13-7-6-8-14(2)16(13,17)12-11-15-9-4-3-5-10-15/h3-5,9-10,13-14,17H,6-8H2,1-2H3. The van der Waals surface area contributed by atoms with Crippen LogP contribution in [0.2, 0.25) is 0 Å². The van der Waals surface area contributed by atoms with E-state index in [0.29, 0.717) is 0 Å². The third-order valence-corrected chi connectivity index (χ3v) is 3.96. The zero-order valence-corrected chi connectivity index (χ0v) is 10.6. The molecule has 0 saturated heterocycles. The summed E-state index contributed by atoms with van der Waals surface area (Å²) in [6, 6.07) is 9.89. The quantitative estimate of drug-likeness (QED) is 0.676. The molecule has 2 rings (SSSR count). The van der Waals surface area contributed by atoms with Crippen LogP contribution in [0.1, 0.15) is 38.7 Å². The van der Waals surface area contributed by atoms with E-state index in [0.717, 1.165) is 18.4 Å². The largest absolute Gasteiger partial charge is 0.377 e. The Kier molecular flexibility index (Phi) is 3.54. The van der Waals surface area contributed by atoms with Crippen LogP contribution in [0.5, 0.6) is 0 Å². The summed E-state index contributed by atoms with van der Waals surface area (Å²) < 4.78 is 0. The van der Waals surface area contributed by atoms with Crippen LogP contribution in [0.3, 0.4) is 0 Å². The van der Waals surface area contributed by atoms with Crippen LogP contribution in [-0.4, -0.2) is 10.7 Å². The maximum absolute atomic E-state index is 10.7. The topological polar surface area (TPSA) is 20.2 Å². The third-order valence-electron chi connectivity index (χ3n) is 3.96. The number of aliphatic hydroxyl groups is 1. The summed E-state index contributed by atoms with van der Waals surface area (Å²) in [5.41, 5.74) is 0.166. The van der Waals surface area contributed by atoms with Gasteiger partial charge in [-0.3, -0.25) is 0 Å². The molecule has 1 N–H and O–H groups in total. The molecule has 1 fully saturated rings. The van der Waals surface area contributed by atoms with Gasteiger partial charge in [0.05, 0.1) is 0 Å². The second kappa shape index (κ2) is 4.94. The van der Waals surface area contributed by atoms with Gasteiger partial charge in [-0.05, 0) is 36.8 Å². The lowest BCUT2D eigenvalue weighted by atomic mass is 9.70. The van der Waals surface area contributed by atoms with E-state index < -0.39 is 5.60 Å². The van der Waals surface area contributed by atoms with Gasteiger partial charge in [0.15, 0.2) is 0 Å². The van der Waals surface area contributed by atoms with E-state index >= 15 is 0 Å². The predicted molar refractivity (Wildman–Crippen MR) is 70.4 cm³/mol. The van der Waals surface area contributed by atoms with Crippen LogP contribution >= 0.6 is 0 Å². The summed E-state index contributed by atoms with van der Waals surface area (Å²) in [5.74, 6) is 6.77. The van der Waals surface area contributed by atoms with Gasteiger partial charge < -0.3 is 5.11 Å². The Labute approximate surface area is 104 Å². The molecule has 0 bridgehead atoms. The average molecular weight is 228 g/mol. The molecule has 0 heterocycles. The van der Waals surface area contributed by atoms with Crippen molar-refractivity contribution >= 4 is 0 Å². The molecule has 1 aliphatic rings. The van der Waals surface area contributed by atoms with E-state index in [1.165, 1.54) is 6.42 Å². The van der Waals surface area contributed by atoms with Crippen LogP contribution in [0.15, 0.2) is 30.3 Å². The van der Waals surface area contributed by atoms with Gasteiger partial charge in [-0.15, -0.1) is 0 Å². The van der Waals surface area contributed by atoms with E-state index in [1.54, 1.807) is 0 Å². The minimum absolute atomic E-state index is 0.266. The Morgan fingerprint density at radius 1 is 1.12 bits per heavy atom. The number of rotatable bonds is 0. The maximum Gasteiger partial charge on any atom is 0.130 e. The van der Waals surface area contributed by atoms with Crippen molar-refractivity contribution in [2.45, 2.75) is 38.7 Å². The van der Waals surface area contributed by atoms with Crippen molar-refractivity contribution in [1.82, 2.24) is 0 Å². The summed E-state index contributed by atoms with van der Waals surface area (Å²) in [4.78, 5) is 0. The average Bonchev–Trinajstić information content (AvgIpc) is 2.35. The summed E-state index contributed by atoms with van der Waals surface area (Å²) in [6.45, 7) is 4.21. The molecular weight excluding hydrogens is 208 g/mol. The van der Waals surface area contributed by atoms with E-state index in [1.807, 2.05) is 30.3 Å². The van der Waals surface area contributed by atoms with Crippen LogP contribution < -0.4 is 0 Å². The molecular formula is C16H20O. The monoisotopic (exact) mass is 228 g/mol. The molecule has 0 spiro atoms. The van der Waals surface area contributed by atoms with Crippen molar-refractivity contribution in [3.8, 4) is 11.8 Å². The zero-order chi connectivity index (χ0) is 12.3. The van der Waals surface area contributed by atoms with Crippen molar-refractivity contribution in [2.75, 3.05) is 0 Å². The number of hydrogen-bond donors (Lipinski definition) is 1. The van der Waals surface area contributed by atoms with Gasteiger partial charge in [-0.2, -0.15) is 0 Å². The molecule has 0 aromatic heterocycles. The summed E-state index contributed by atoms with van der Waals surface area (Å²) in [5, 5.41) is 10.7. The minimum atomic E-state index is -0.811. The Morgan fingerprint density at radius 2 is 1.71 bits per heavy atom. The minimum Gasteiger partial charge on any atom is -0.377 e. The van der Waals surface area contributed by atoms with E-state index in [-0.39, 0.29) is 11.8 Å². The normalized spacial score (nSPS) is 32.6. The zero-order valence-electron chi connectivity index (χ0n) is 10.6. The molecule has 90 valence electrons. The summed E-state index contributed by atoms with van der Waals surface area (Å²) in [6.07, 6.45) is 3.35. The van der Waals surface area contributed by atoms with E-state index in [9.17, 15) is 5.11 Å². The second-order valence-corrected chi connectivity index (χ2v) is 5.17. The Hall–Kier alpha value is -1.26. The Morgan fingerprint density at radius 3 is 2.29 bits per heavy atom. The molecule has 1 aromatic carbocycles. The van der Waals surface area contributed by atoms with Gasteiger partial charge >= 0.3 is 0 Å². The first-order chi connectivity index (χ1) is 8.13. The molecule has 0 amide bonds. The highest BCUT2D eigenvalue weighted by Crippen LogP contribution is 2.37. The highest BCUT2D eigenvalue weighted by molar-refractivity contribution is 5.36. The van der Waals surface area contributed by atoms with Crippen molar-refractivity contribution in [2.24, 2.45) is 11.8 Å². The third kappa shape index (κ3) is 2.53. The molecule has 1 saturated carbocycles. The predicted octanol–water partition coefficient (Wildman–Crippen LogP) is 3.23. The molecule has 1 aliphatic carbocycles. The molecule has 1 heteroatoms. The maximum atomic E-state index is 10.7. The summed E-state index contributed by atoms with van der Waals surface area (Å²) >= 11 is 0. The van der Waals surface area contributed by atoms with Gasteiger partial charge in [0.25, 0.3) is 0 Å². The van der Waals surface area contributed by atoms with Crippen molar-refractivity contribution in [3.63, 3.8) is 0 Å². The second-order valence-electron chi connectivity index (χ2n) is 5.17. The molecule has 0 radical (unpaired) electrons. The van der Waals surface area contributed by atoms with Crippen molar-refractivity contribution in [3.05, 3.63) is 35.9 Å². The highest BCUT2D eigenvalue weighted by atomic mass is 16.3. The Balaban J connectivity index is 2.24. The molecule has 1 aromatic rings. The SMILES string of the molecule is CC1CCCC(C)C1(O)C#Cc1ccccc1. The lowest BCUT2D eigenvalue weighted by Crippen LogP contribution is -2.44.